The Bertz CT molecular complexity index is 695. The van der Waals surface area contributed by atoms with E-state index in [1.807, 2.05) is 30.3 Å². The summed E-state index contributed by atoms with van der Waals surface area (Å²) in [7, 11) is -2.06. The zero-order valence-corrected chi connectivity index (χ0v) is 13.0. The maximum atomic E-state index is 12.5. The minimum Gasteiger partial charge on any atom is -0.326 e. The molecular weight excluding hydrogens is 288 g/mol. The van der Waals surface area contributed by atoms with Crippen LogP contribution in [-0.4, -0.2) is 36.5 Å². The van der Waals surface area contributed by atoms with Crippen LogP contribution < -0.4 is 5.73 Å². The first kappa shape index (κ1) is 15.7. The summed E-state index contributed by atoms with van der Waals surface area (Å²) in [6.07, 6.45) is 0.651. The molecular formula is C14H20N4O2S. The molecule has 0 atom stereocenters. The van der Waals surface area contributed by atoms with E-state index < -0.39 is 10.0 Å². The maximum absolute atomic E-state index is 12.5. The van der Waals surface area contributed by atoms with Crippen molar-refractivity contribution in [3.8, 4) is 0 Å². The van der Waals surface area contributed by atoms with Crippen LogP contribution in [0.2, 0.25) is 0 Å². The molecule has 0 aliphatic rings. The minimum absolute atomic E-state index is 0.0260. The van der Waals surface area contributed by atoms with E-state index in [4.69, 9.17) is 5.73 Å². The number of aromatic amines is 1. The van der Waals surface area contributed by atoms with E-state index in [2.05, 4.69) is 10.2 Å². The fraction of sp³-hybridized carbons (Fsp3) is 0.357. The molecule has 0 aliphatic heterocycles. The summed E-state index contributed by atoms with van der Waals surface area (Å²) < 4.78 is 26.4. The molecule has 114 valence electrons. The molecule has 0 radical (unpaired) electrons. The van der Waals surface area contributed by atoms with Crippen molar-refractivity contribution < 1.29 is 8.42 Å². The summed E-state index contributed by atoms with van der Waals surface area (Å²) in [5.74, 6) is 0. The molecule has 1 aromatic carbocycles. The quantitative estimate of drug-likeness (QED) is 0.834. The standard InChI is InChI=1S/C14H20N4O2S/c1-11-13(10-15)14(17-16-11)21(19,20)18(2)9-8-12-6-4-3-5-7-12/h3-7H,8-10,15H2,1-2H3,(H,16,17). The van der Waals surface area contributed by atoms with Gasteiger partial charge in [-0.05, 0) is 18.9 Å². The van der Waals surface area contributed by atoms with Crippen LogP contribution in [0.1, 0.15) is 16.8 Å². The smallest absolute Gasteiger partial charge is 0.262 e. The predicted molar refractivity (Wildman–Crippen MR) is 81.2 cm³/mol. The van der Waals surface area contributed by atoms with Crippen LogP contribution in [0.5, 0.6) is 0 Å². The van der Waals surface area contributed by atoms with Gasteiger partial charge in [0.1, 0.15) is 0 Å². The third kappa shape index (κ3) is 3.31. The van der Waals surface area contributed by atoms with Crippen molar-refractivity contribution in [2.75, 3.05) is 13.6 Å². The Labute approximate surface area is 125 Å². The van der Waals surface area contributed by atoms with Crippen LogP contribution in [0.4, 0.5) is 0 Å². The summed E-state index contributed by atoms with van der Waals surface area (Å²) in [5.41, 5.74) is 7.94. The first-order chi connectivity index (χ1) is 9.96. The van der Waals surface area contributed by atoms with Gasteiger partial charge >= 0.3 is 0 Å². The van der Waals surface area contributed by atoms with Gasteiger partial charge in [0.15, 0.2) is 5.03 Å². The highest BCUT2D eigenvalue weighted by molar-refractivity contribution is 7.89. The summed E-state index contributed by atoms with van der Waals surface area (Å²) in [6.45, 7) is 2.30. The van der Waals surface area contributed by atoms with Gasteiger partial charge in [-0.2, -0.15) is 9.40 Å². The molecule has 0 bridgehead atoms. The van der Waals surface area contributed by atoms with Crippen molar-refractivity contribution in [2.24, 2.45) is 5.73 Å². The molecule has 1 heterocycles. The topological polar surface area (TPSA) is 92.1 Å². The molecule has 6 nitrogen and oxygen atoms in total. The molecule has 0 saturated heterocycles. The first-order valence-electron chi connectivity index (χ1n) is 6.71. The van der Waals surface area contributed by atoms with Crippen molar-refractivity contribution in [2.45, 2.75) is 24.9 Å². The summed E-state index contributed by atoms with van der Waals surface area (Å²) in [4.78, 5) is 0. The second-order valence-corrected chi connectivity index (χ2v) is 6.86. The lowest BCUT2D eigenvalue weighted by atomic mass is 10.2. The zero-order chi connectivity index (χ0) is 15.5. The largest absolute Gasteiger partial charge is 0.326 e. The molecule has 2 aromatic rings. The van der Waals surface area contributed by atoms with Gasteiger partial charge in [0.25, 0.3) is 10.0 Å². The summed E-state index contributed by atoms with van der Waals surface area (Å²) >= 11 is 0. The Kier molecular flexibility index (Phi) is 4.76. The number of aromatic nitrogens is 2. The normalized spacial score (nSPS) is 12.0. The second kappa shape index (κ2) is 6.38. The van der Waals surface area contributed by atoms with Crippen molar-refractivity contribution in [1.82, 2.24) is 14.5 Å². The Hall–Kier alpha value is -1.70. The third-order valence-corrected chi connectivity index (χ3v) is 5.28. The second-order valence-electron chi connectivity index (χ2n) is 4.90. The van der Waals surface area contributed by atoms with Crippen LogP contribution in [0.15, 0.2) is 35.4 Å². The van der Waals surface area contributed by atoms with Gasteiger partial charge in [0.05, 0.1) is 0 Å². The Morgan fingerprint density at radius 2 is 1.95 bits per heavy atom. The van der Waals surface area contributed by atoms with Crippen LogP contribution in [-0.2, 0) is 23.0 Å². The first-order valence-corrected chi connectivity index (χ1v) is 8.15. The molecule has 0 fully saturated rings. The monoisotopic (exact) mass is 308 g/mol. The molecule has 0 saturated carbocycles. The maximum Gasteiger partial charge on any atom is 0.262 e. The Morgan fingerprint density at radius 3 is 2.57 bits per heavy atom. The lowest BCUT2D eigenvalue weighted by molar-refractivity contribution is 0.468. The van der Waals surface area contributed by atoms with Gasteiger partial charge in [-0.15, -0.1) is 0 Å². The molecule has 0 aliphatic carbocycles. The number of benzene rings is 1. The van der Waals surface area contributed by atoms with Gasteiger partial charge < -0.3 is 5.73 Å². The minimum atomic E-state index is -3.62. The van der Waals surface area contributed by atoms with Crippen LogP contribution in [0.3, 0.4) is 0 Å². The van der Waals surface area contributed by atoms with Gasteiger partial charge in [-0.3, -0.25) is 5.10 Å². The number of H-pyrrole nitrogens is 1. The number of hydrogen-bond donors (Lipinski definition) is 2. The number of nitrogens with one attached hydrogen (secondary N) is 1. The summed E-state index contributed by atoms with van der Waals surface area (Å²) in [5, 5.41) is 6.61. The number of sulfonamides is 1. The molecule has 0 spiro atoms. The van der Waals surface area contributed by atoms with E-state index in [1.165, 1.54) is 4.31 Å². The number of rotatable bonds is 6. The van der Waals surface area contributed by atoms with Gasteiger partial charge in [0, 0.05) is 31.4 Å². The molecule has 21 heavy (non-hydrogen) atoms. The molecule has 0 amide bonds. The summed E-state index contributed by atoms with van der Waals surface area (Å²) in [6, 6.07) is 9.76. The van der Waals surface area contributed by atoms with Gasteiger partial charge in [-0.1, -0.05) is 30.3 Å². The van der Waals surface area contributed by atoms with Crippen molar-refractivity contribution in [3.63, 3.8) is 0 Å². The van der Waals surface area contributed by atoms with Crippen LogP contribution in [0.25, 0.3) is 0 Å². The fourth-order valence-electron chi connectivity index (χ4n) is 2.08. The average molecular weight is 308 g/mol. The SMILES string of the molecule is Cc1[nH]nc(S(=O)(=O)N(C)CCc2ccccc2)c1CN. The molecule has 3 N–H and O–H groups in total. The number of aryl methyl sites for hydroxylation is 1. The molecule has 1 aromatic heterocycles. The van der Waals surface area contributed by atoms with Crippen molar-refractivity contribution in [3.05, 3.63) is 47.2 Å². The van der Waals surface area contributed by atoms with Crippen molar-refractivity contribution in [1.29, 1.82) is 0 Å². The lowest BCUT2D eigenvalue weighted by Crippen LogP contribution is -2.30. The Balaban J connectivity index is 2.15. The highest BCUT2D eigenvalue weighted by atomic mass is 32.2. The lowest BCUT2D eigenvalue weighted by Gasteiger charge is -2.16. The van der Waals surface area contributed by atoms with E-state index in [-0.39, 0.29) is 11.6 Å². The highest BCUT2D eigenvalue weighted by Crippen LogP contribution is 2.19. The fourth-order valence-corrected chi connectivity index (χ4v) is 3.42. The van der Waals surface area contributed by atoms with Gasteiger partial charge in [-0.25, -0.2) is 8.42 Å². The number of nitrogens with two attached hydrogens (primary N) is 1. The Morgan fingerprint density at radius 1 is 1.29 bits per heavy atom. The van der Waals surface area contributed by atoms with Crippen LogP contribution in [0, 0.1) is 6.92 Å². The third-order valence-electron chi connectivity index (χ3n) is 3.45. The van der Waals surface area contributed by atoms with Gasteiger partial charge in [0.2, 0.25) is 0 Å². The molecule has 7 heteroatoms. The number of hydrogen-bond acceptors (Lipinski definition) is 4. The number of nitrogens with zero attached hydrogens (tertiary/aromatic N) is 2. The van der Waals surface area contributed by atoms with E-state index in [1.54, 1.807) is 14.0 Å². The highest BCUT2D eigenvalue weighted by Gasteiger charge is 2.27. The number of likely N-dealkylation sites (N-methyl/N-ethyl adjacent to an activating group) is 1. The zero-order valence-electron chi connectivity index (χ0n) is 12.2. The van der Waals surface area contributed by atoms with E-state index in [0.29, 0.717) is 24.2 Å². The average Bonchev–Trinajstić information content (AvgIpc) is 2.87. The van der Waals surface area contributed by atoms with Crippen LogP contribution >= 0.6 is 0 Å². The predicted octanol–water partition coefficient (Wildman–Crippen LogP) is 1.04. The van der Waals surface area contributed by atoms with Crippen molar-refractivity contribution >= 4 is 10.0 Å². The van der Waals surface area contributed by atoms with E-state index >= 15 is 0 Å². The molecule has 0 unspecified atom stereocenters. The van der Waals surface area contributed by atoms with E-state index in [0.717, 1.165) is 5.56 Å². The molecule has 2 rings (SSSR count). The van der Waals surface area contributed by atoms with E-state index in [9.17, 15) is 8.42 Å².